The van der Waals surface area contributed by atoms with E-state index in [0.717, 1.165) is 52.3 Å². The van der Waals surface area contributed by atoms with Gasteiger partial charge in [-0.2, -0.15) is 0 Å². The summed E-state index contributed by atoms with van der Waals surface area (Å²) in [6.45, 7) is 9.81. The average molecular weight is 550 g/mol. The van der Waals surface area contributed by atoms with Crippen molar-refractivity contribution in [3.8, 4) is 11.5 Å². The Morgan fingerprint density at radius 3 is 2.78 bits per heavy atom. The van der Waals surface area contributed by atoms with Crippen molar-refractivity contribution < 1.29 is 9.53 Å². The van der Waals surface area contributed by atoms with E-state index < -0.39 is 0 Å². The molecule has 0 radical (unpaired) electrons. The van der Waals surface area contributed by atoms with Crippen molar-refractivity contribution in [3.63, 3.8) is 0 Å². The molecule has 3 aromatic heterocycles. The molecule has 1 N–H and O–H groups in total. The molecule has 1 atom stereocenters. The molecular weight excluding hydrogens is 518 g/mol. The van der Waals surface area contributed by atoms with Crippen molar-refractivity contribution in [2.45, 2.75) is 26.3 Å². The maximum Gasteiger partial charge on any atom is 0.246 e. The lowest BCUT2D eigenvalue weighted by Gasteiger charge is -2.25. The zero-order valence-corrected chi connectivity index (χ0v) is 23.3. The van der Waals surface area contributed by atoms with Gasteiger partial charge in [0.15, 0.2) is 5.82 Å². The maximum absolute atomic E-state index is 12.3. The molecule has 0 aliphatic carbocycles. The highest BCUT2D eigenvalue weighted by molar-refractivity contribution is 5.89. The number of carbonyl (C=O) groups excluding carboxylic acids is 1. The largest absolute Gasteiger partial charge is 0.457 e. The van der Waals surface area contributed by atoms with Crippen LogP contribution >= 0.6 is 0 Å². The highest BCUT2D eigenvalue weighted by Gasteiger charge is 2.24. The number of rotatable bonds is 6. The number of nitrogens with zero attached hydrogens (tertiary/aromatic N) is 8. The second-order valence-corrected chi connectivity index (χ2v) is 10.2. The number of aryl methyl sites for hydroxylation is 2. The van der Waals surface area contributed by atoms with Gasteiger partial charge in [0, 0.05) is 44.5 Å². The van der Waals surface area contributed by atoms with E-state index in [0.29, 0.717) is 30.2 Å². The van der Waals surface area contributed by atoms with Crippen LogP contribution in [0.2, 0.25) is 0 Å². The first-order valence-electron chi connectivity index (χ1n) is 13.5. The van der Waals surface area contributed by atoms with Crippen LogP contribution in [0.4, 0.5) is 17.3 Å². The molecule has 1 saturated heterocycles. The minimum Gasteiger partial charge on any atom is -0.457 e. The molecule has 2 aromatic carbocycles. The Hall–Kier alpha value is -5.06. The molecule has 11 heteroatoms. The van der Waals surface area contributed by atoms with Crippen molar-refractivity contribution in [2.75, 3.05) is 29.9 Å². The normalized spacial score (nSPS) is 15.6. The molecule has 0 unspecified atom stereocenters. The Kier molecular flexibility index (Phi) is 6.92. The molecule has 0 saturated carbocycles. The zero-order chi connectivity index (χ0) is 28.5. The molecule has 1 amide bonds. The second-order valence-electron chi connectivity index (χ2n) is 10.2. The molecule has 1 fully saturated rings. The zero-order valence-electron chi connectivity index (χ0n) is 23.3. The first-order valence-corrected chi connectivity index (χ1v) is 13.5. The fraction of sp³-hybridized carbons (Fsp3) is 0.267. The lowest BCUT2D eigenvalue weighted by molar-refractivity contribution is -0.127. The van der Waals surface area contributed by atoms with Crippen molar-refractivity contribution in [2.24, 2.45) is 7.05 Å². The first-order chi connectivity index (χ1) is 19.9. The molecule has 1 aliphatic heterocycles. The second kappa shape index (κ2) is 10.8. The third-order valence-electron chi connectivity index (χ3n) is 7.46. The van der Waals surface area contributed by atoms with Crippen molar-refractivity contribution >= 4 is 45.3 Å². The smallest absolute Gasteiger partial charge is 0.246 e. The van der Waals surface area contributed by atoms with Crippen molar-refractivity contribution in [3.05, 3.63) is 73.1 Å². The van der Waals surface area contributed by atoms with Gasteiger partial charge >= 0.3 is 0 Å². The summed E-state index contributed by atoms with van der Waals surface area (Å²) >= 11 is 0. The average Bonchev–Trinajstić information content (AvgIpc) is 3.23. The summed E-state index contributed by atoms with van der Waals surface area (Å²) in [7, 11) is 1.86. The van der Waals surface area contributed by atoms with Crippen LogP contribution in [0.15, 0.2) is 67.5 Å². The lowest BCUT2D eigenvalue weighted by atomic mass is 10.2. The topological polar surface area (TPSA) is 114 Å². The molecule has 1 aliphatic rings. The van der Waals surface area contributed by atoms with E-state index >= 15 is 0 Å². The number of nitrogens with one attached hydrogen (secondary N) is 1. The summed E-state index contributed by atoms with van der Waals surface area (Å²) in [6, 6.07) is 15.7. The van der Waals surface area contributed by atoms with Gasteiger partial charge in [0.05, 0.1) is 11.0 Å². The highest BCUT2D eigenvalue weighted by Crippen LogP contribution is 2.31. The molecular formula is C30H31N9O2. The number of amides is 1. The van der Waals surface area contributed by atoms with Gasteiger partial charge in [-0.25, -0.2) is 19.6 Å². The SMILES string of the molecule is C=CC(=O)N1CCN(c2ccc3ncnc(Nc4ccc(Oc5ccc6c(c5)nnn6C)c(C)c4)c3n2)CC[C@H]1C. The van der Waals surface area contributed by atoms with Crippen LogP contribution in [0.1, 0.15) is 18.9 Å². The van der Waals surface area contributed by atoms with Crippen molar-refractivity contribution in [1.29, 1.82) is 0 Å². The summed E-state index contributed by atoms with van der Waals surface area (Å²) in [5.41, 5.74) is 4.95. The van der Waals surface area contributed by atoms with Crippen LogP contribution in [0, 0.1) is 6.92 Å². The number of benzene rings is 2. The molecule has 0 spiro atoms. The molecule has 41 heavy (non-hydrogen) atoms. The van der Waals surface area contributed by atoms with E-state index in [1.807, 2.05) is 67.4 Å². The Balaban J connectivity index is 1.22. The molecule has 5 aromatic rings. The van der Waals surface area contributed by atoms with Crippen LogP contribution in [0.3, 0.4) is 0 Å². The predicted molar refractivity (Wildman–Crippen MR) is 159 cm³/mol. The monoisotopic (exact) mass is 549 g/mol. The van der Waals surface area contributed by atoms with Gasteiger partial charge in [0.2, 0.25) is 5.91 Å². The molecule has 0 bridgehead atoms. The quantitative estimate of drug-likeness (QED) is 0.299. The number of anilines is 3. The van der Waals surface area contributed by atoms with E-state index in [4.69, 9.17) is 9.72 Å². The van der Waals surface area contributed by atoms with Crippen LogP contribution in [-0.4, -0.2) is 66.4 Å². The van der Waals surface area contributed by atoms with E-state index in [1.54, 1.807) is 4.68 Å². The van der Waals surface area contributed by atoms with Crippen molar-refractivity contribution in [1.82, 2.24) is 34.8 Å². The van der Waals surface area contributed by atoms with Gasteiger partial charge in [0.25, 0.3) is 0 Å². The fourth-order valence-electron chi connectivity index (χ4n) is 5.12. The van der Waals surface area contributed by atoms with Crippen LogP contribution < -0.4 is 15.0 Å². The van der Waals surface area contributed by atoms with Gasteiger partial charge < -0.3 is 19.9 Å². The van der Waals surface area contributed by atoms with E-state index in [-0.39, 0.29) is 11.9 Å². The Morgan fingerprint density at radius 2 is 1.95 bits per heavy atom. The molecule has 11 nitrogen and oxygen atoms in total. The highest BCUT2D eigenvalue weighted by atomic mass is 16.5. The summed E-state index contributed by atoms with van der Waals surface area (Å²) < 4.78 is 7.88. The van der Waals surface area contributed by atoms with Gasteiger partial charge in [-0.15, -0.1) is 5.10 Å². The fourth-order valence-corrected chi connectivity index (χ4v) is 5.12. The van der Waals surface area contributed by atoms with E-state index in [2.05, 4.69) is 44.0 Å². The number of carbonyl (C=O) groups is 1. The first kappa shape index (κ1) is 26.2. The third kappa shape index (κ3) is 5.25. The van der Waals surface area contributed by atoms with Gasteiger partial charge in [-0.3, -0.25) is 4.79 Å². The Labute approximate surface area is 237 Å². The Bertz CT molecular complexity index is 1770. The number of fused-ring (bicyclic) bond motifs is 2. The van der Waals surface area contributed by atoms with Crippen LogP contribution in [0.5, 0.6) is 11.5 Å². The summed E-state index contributed by atoms with van der Waals surface area (Å²) in [6.07, 6.45) is 3.76. The van der Waals surface area contributed by atoms with Gasteiger partial charge in [-0.1, -0.05) is 11.8 Å². The number of ether oxygens (including phenoxy) is 1. The van der Waals surface area contributed by atoms with Gasteiger partial charge in [-0.05, 0) is 74.4 Å². The number of pyridine rings is 1. The van der Waals surface area contributed by atoms with Crippen LogP contribution in [0.25, 0.3) is 22.1 Å². The molecule has 208 valence electrons. The predicted octanol–water partition coefficient (Wildman–Crippen LogP) is 4.76. The molecule has 4 heterocycles. The number of hydrogen-bond acceptors (Lipinski definition) is 9. The third-order valence-corrected chi connectivity index (χ3v) is 7.46. The Morgan fingerprint density at radius 1 is 1.07 bits per heavy atom. The number of aromatic nitrogens is 6. The maximum atomic E-state index is 12.3. The number of hydrogen-bond donors (Lipinski definition) is 1. The van der Waals surface area contributed by atoms with E-state index in [9.17, 15) is 4.79 Å². The summed E-state index contributed by atoms with van der Waals surface area (Å²) in [5, 5.41) is 11.6. The van der Waals surface area contributed by atoms with Crippen LogP contribution in [-0.2, 0) is 11.8 Å². The molecule has 6 rings (SSSR count). The lowest BCUT2D eigenvalue weighted by Crippen LogP contribution is -2.38. The standard InChI is InChI=1S/C30H31N9O2/c1-5-28(40)39-15-14-38(13-12-20(39)3)27-11-8-23-29(34-27)30(32-18-31-23)33-21-6-10-26(19(2)16-21)41-22-7-9-25-24(17-22)35-36-37(25)4/h5-11,16-18,20H,1,12-15H2,2-4H3,(H,31,32,33)/t20-/m1/s1. The summed E-state index contributed by atoms with van der Waals surface area (Å²) in [5.74, 6) is 2.84. The minimum atomic E-state index is -0.0380. The van der Waals surface area contributed by atoms with Gasteiger partial charge in [0.1, 0.15) is 34.7 Å². The summed E-state index contributed by atoms with van der Waals surface area (Å²) in [4.78, 5) is 30.2. The minimum absolute atomic E-state index is 0.0380. The van der Waals surface area contributed by atoms with E-state index in [1.165, 1.54) is 12.4 Å².